The number of hydrogen-bond donors (Lipinski definition) is 1. The number of aromatic amines is 1. The number of nitrogens with zero attached hydrogens (tertiary/aromatic N) is 4. The Balaban J connectivity index is 1.97. The van der Waals surface area contributed by atoms with Crippen LogP contribution in [0.1, 0.15) is 11.1 Å². The van der Waals surface area contributed by atoms with Gasteiger partial charge in [-0.2, -0.15) is 0 Å². The number of pyridine rings is 1. The van der Waals surface area contributed by atoms with E-state index in [2.05, 4.69) is 10.1 Å². The average molecular weight is 367 g/mol. The Morgan fingerprint density at radius 1 is 1.07 bits per heavy atom. The van der Waals surface area contributed by atoms with E-state index in [-0.39, 0.29) is 16.9 Å². The van der Waals surface area contributed by atoms with Crippen LogP contribution in [0, 0.1) is 27.2 Å². The van der Waals surface area contributed by atoms with Crippen molar-refractivity contribution in [2.75, 3.05) is 5.12 Å². The molecule has 0 saturated carbocycles. The van der Waals surface area contributed by atoms with Crippen LogP contribution in [0.5, 0.6) is 0 Å². The van der Waals surface area contributed by atoms with E-state index in [9.17, 15) is 25.0 Å². The molecule has 0 spiro atoms. The summed E-state index contributed by atoms with van der Waals surface area (Å²) in [6.45, 7) is 1.90. The summed E-state index contributed by atoms with van der Waals surface area (Å²) in [6, 6.07) is 11.7. The smallest absolute Gasteiger partial charge is 0.269 e. The molecule has 1 heterocycles. The van der Waals surface area contributed by atoms with Gasteiger partial charge in [0, 0.05) is 27.9 Å². The zero-order valence-corrected chi connectivity index (χ0v) is 14.0. The Morgan fingerprint density at radius 2 is 1.78 bits per heavy atom. The fourth-order valence-electron chi connectivity index (χ4n) is 2.47. The third kappa shape index (κ3) is 3.79. The highest BCUT2D eigenvalue weighted by Crippen LogP contribution is 2.20. The number of anilines is 1. The summed E-state index contributed by atoms with van der Waals surface area (Å²) in [7, 11) is 0. The lowest BCUT2D eigenvalue weighted by molar-refractivity contribution is -0.495. The molecule has 0 bridgehead atoms. The maximum absolute atomic E-state index is 12.1. The van der Waals surface area contributed by atoms with Crippen LogP contribution < -0.4 is 10.7 Å². The predicted molar refractivity (Wildman–Crippen MR) is 99.5 cm³/mol. The van der Waals surface area contributed by atoms with Crippen LogP contribution in [0.15, 0.2) is 58.4 Å². The molecule has 136 valence electrons. The standard InChI is InChI=1S/C17H13N5O5/c1-11-2-7-16-12(8-11)9-13(17(23)19-16)10-18-20(22(26)27)14-3-5-15(6-4-14)21(24)25/h2-10H,1H3,(H,19,23). The quantitative estimate of drug-likeness (QED) is 0.418. The molecule has 0 saturated heterocycles. The van der Waals surface area contributed by atoms with Crippen molar-refractivity contribution < 1.29 is 9.96 Å². The number of H-pyrrole nitrogens is 1. The lowest BCUT2D eigenvalue weighted by Crippen LogP contribution is -2.24. The predicted octanol–water partition coefficient (Wildman–Crippen LogP) is 2.78. The highest BCUT2D eigenvalue weighted by atomic mass is 16.7. The Kier molecular flexibility index (Phi) is 4.62. The lowest BCUT2D eigenvalue weighted by Gasteiger charge is -2.08. The molecule has 0 aliphatic rings. The van der Waals surface area contributed by atoms with E-state index in [0.717, 1.165) is 29.3 Å². The molecule has 3 rings (SSSR count). The zero-order valence-electron chi connectivity index (χ0n) is 14.0. The minimum Gasteiger partial charge on any atom is -0.339 e. The van der Waals surface area contributed by atoms with Crippen LogP contribution >= 0.6 is 0 Å². The number of nitrogens with one attached hydrogen (secondary N) is 1. The van der Waals surface area contributed by atoms with Crippen molar-refractivity contribution in [2.45, 2.75) is 6.92 Å². The van der Waals surface area contributed by atoms with Crippen LogP contribution in [-0.2, 0) is 0 Å². The number of hydrogen-bond acceptors (Lipinski definition) is 6. The van der Waals surface area contributed by atoms with Crippen LogP contribution in [0.4, 0.5) is 11.4 Å². The molecule has 2 aromatic carbocycles. The van der Waals surface area contributed by atoms with E-state index >= 15 is 0 Å². The number of aromatic nitrogens is 1. The summed E-state index contributed by atoms with van der Waals surface area (Å²) in [5.74, 6) is 0. The van der Waals surface area contributed by atoms with Crippen LogP contribution in [0.25, 0.3) is 10.9 Å². The van der Waals surface area contributed by atoms with Crippen molar-refractivity contribution in [2.24, 2.45) is 5.10 Å². The molecule has 1 N–H and O–H groups in total. The Labute approximate surface area is 151 Å². The van der Waals surface area contributed by atoms with Gasteiger partial charge >= 0.3 is 0 Å². The first-order chi connectivity index (χ1) is 12.8. The third-order valence-electron chi connectivity index (χ3n) is 3.78. The molecule has 0 unspecified atom stereocenters. The topological polar surface area (TPSA) is 135 Å². The molecule has 10 heteroatoms. The molecule has 3 aromatic rings. The van der Waals surface area contributed by atoms with Gasteiger partial charge in [0.15, 0.2) is 6.21 Å². The van der Waals surface area contributed by atoms with Gasteiger partial charge in [-0.3, -0.25) is 14.9 Å². The molecule has 0 fully saturated rings. The summed E-state index contributed by atoms with van der Waals surface area (Å²) in [5, 5.41) is 26.1. The number of non-ortho nitro benzene ring substituents is 1. The number of benzene rings is 2. The summed E-state index contributed by atoms with van der Waals surface area (Å²) >= 11 is 0. The van der Waals surface area contributed by atoms with E-state index in [1.165, 1.54) is 12.1 Å². The van der Waals surface area contributed by atoms with E-state index in [1.54, 1.807) is 12.1 Å². The van der Waals surface area contributed by atoms with E-state index in [1.807, 2.05) is 19.1 Å². The SMILES string of the molecule is Cc1ccc2[nH]c(=O)c(C=NN(c3ccc([N+](=O)[O-])cc3)[N+](=O)[O-])cc2c1. The summed E-state index contributed by atoms with van der Waals surface area (Å²) in [5.41, 5.74) is 1.14. The molecule has 0 aliphatic heterocycles. The molecule has 0 radical (unpaired) electrons. The Bertz CT molecular complexity index is 1120. The van der Waals surface area contributed by atoms with Crippen molar-refractivity contribution >= 4 is 28.5 Å². The Morgan fingerprint density at radius 3 is 2.41 bits per heavy atom. The number of nitro groups is 2. The van der Waals surface area contributed by atoms with Gasteiger partial charge in [0.2, 0.25) is 0 Å². The van der Waals surface area contributed by atoms with Gasteiger partial charge in [-0.25, -0.2) is 0 Å². The van der Waals surface area contributed by atoms with Gasteiger partial charge in [-0.1, -0.05) is 11.6 Å². The van der Waals surface area contributed by atoms with Crippen LogP contribution in [0.2, 0.25) is 0 Å². The van der Waals surface area contributed by atoms with E-state index < -0.39 is 15.5 Å². The van der Waals surface area contributed by atoms with Gasteiger partial charge in [0.25, 0.3) is 11.2 Å². The minimum absolute atomic E-state index is 0.00918. The van der Waals surface area contributed by atoms with Crippen molar-refractivity contribution in [3.8, 4) is 0 Å². The first-order valence-electron chi connectivity index (χ1n) is 7.72. The van der Waals surface area contributed by atoms with Gasteiger partial charge in [0.05, 0.1) is 15.5 Å². The number of hydrazine groups is 1. The van der Waals surface area contributed by atoms with Gasteiger partial charge in [0.1, 0.15) is 5.69 Å². The fraction of sp³-hybridized carbons (Fsp3) is 0.0588. The fourth-order valence-corrected chi connectivity index (χ4v) is 2.47. The molecular formula is C17H13N5O5. The molecular weight excluding hydrogens is 354 g/mol. The van der Waals surface area contributed by atoms with Crippen molar-refractivity contribution in [3.05, 3.63) is 90.2 Å². The van der Waals surface area contributed by atoms with Crippen LogP contribution in [0.3, 0.4) is 0 Å². The summed E-state index contributed by atoms with van der Waals surface area (Å²) in [4.78, 5) is 36.2. The number of rotatable bonds is 5. The molecule has 0 amide bonds. The second-order valence-corrected chi connectivity index (χ2v) is 5.69. The number of aryl methyl sites for hydroxylation is 1. The van der Waals surface area contributed by atoms with E-state index in [0.29, 0.717) is 10.6 Å². The highest BCUT2D eigenvalue weighted by Gasteiger charge is 2.17. The monoisotopic (exact) mass is 367 g/mol. The summed E-state index contributed by atoms with van der Waals surface area (Å²) < 4.78 is 0. The third-order valence-corrected chi connectivity index (χ3v) is 3.78. The van der Waals surface area contributed by atoms with Crippen molar-refractivity contribution in [1.82, 2.24) is 4.98 Å². The number of fused-ring (bicyclic) bond motifs is 1. The van der Waals surface area contributed by atoms with E-state index in [4.69, 9.17) is 0 Å². The molecule has 0 atom stereocenters. The second kappa shape index (κ2) is 7.04. The number of nitro benzene ring substituents is 1. The molecule has 0 aliphatic carbocycles. The zero-order chi connectivity index (χ0) is 19.6. The van der Waals surface area contributed by atoms with Crippen molar-refractivity contribution in [3.63, 3.8) is 0 Å². The van der Waals surface area contributed by atoms with Crippen molar-refractivity contribution in [1.29, 1.82) is 0 Å². The average Bonchev–Trinajstić information content (AvgIpc) is 2.62. The highest BCUT2D eigenvalue weighted by molar-refractivity contribution is 5.88. The normalized spacial score (nSPS) is 11.0. The number of hydrazone groups is 1. The second-order valence-electron chi connectivity index (χ2n) is 5.69. The maximum Gasteiger partial charge on any atom is 0.269 e. The Hall–Kier alpha value is -4.08. The molecule has 1 aromatic heterocycles. The first-order valence-corrected chi connectivity index (χ1v) is 7.72. The maximum atomic E-state index is 12.1. The largest absolute Gasteiger partial charge is 0.339 e. The van der Waals surface area contributed by atoms with Gasteiger partial charge in [-0.05, 0) is 42.6 Å². The summed E-state index contributed by atoms with van der Waals surface area (Å²) in [6.07, 6.45) is 1.07. The van der Waals surface area contributed by atoms with Gasteiger partial charge < -0.3 is 15.1 Å². The van der Waals surface area contributed by atoms with Gasteiger partial charge in [-0.15, -0.1) is 0 Å². The van der Waals surface area contributed by atoms with Crippen LogP contribution in [-0.4, -0.2) is 21.2 Å². The lowest BCUT2D eigenvalue weighted by atomic mass is 10.1. The first kappa shape index (κ1) is 17.7. The minimum atomic E-state index is -0.795. The molecule has 10 nitrogen and oxygen atoms in total. The molecule has 27 heavy (non-hydrogen) atoms.